The molecular weight excluding hydrogens is 879 g/mol. The zero-order chi connectivity index (χ0) is 48.3. The second kappa shape index (κ2) is 17.8. The smallest absolute Gasteiger partial charge is 0.426 e. The van der Waals surface area contributed by atoms with Gasteiger partial charge in [0.1, 0.15) is 11.5 Å². The summed E-state index contributed by atoms with van der Waals surface area (Å²) in [6.45, 7) is 27.0. The Balaban J connectivity index is 1.34. The van der Waals surface area contributed by atoms with Crippen molar-refractivity contribution in [2.75, 3.05) is 0 Å². The summed E-state index contributed by atoms with van der Waals surface area (Å²) in [4.78, 5) is 0. The fraction of sp³-hybridized carbons (Fsp3) is 0.300. The second-order valence-electron chi connectivity index (χ2n) is 22.1. The monoisotopic (exact) mass is 942 g/mol. The van der Waals surface area contributed by atoms with E-state index in [1.165, 1.54) is 0 Å². The van der Waals surface area contributed by atoms with Gasteiger partial charge < -0.3 is 18.1 Å². The second-order valence-corrected chi connectivity index (χ2v) is 24.1. The lowest BCUT2D eigenvalue weighted by Crippen LogP contribution is -2.48. The third kappa shape index (κ3) is 8.75. The van der Waals surface area contributed by atoms with Gasteiger partial charge in [0.25, 0.3) is 0 Å². The van der Waals surface area contributed by atoms with Gasteiger partial charge in [0.05, 0.1) is 0 Å². The van der Waals surface area contributed by atoms with Crippen LogP contribution in [0.3, 0.4) is 0 Å². The molecule has 0 atom stereocenters. The highest BCUT2D eigenvalue weighted by atomic mass is 31.2. The van der Waals surface area contributed by atoms with Gasteiger partial charge in [-0.25, -0.2) is 0 Å². The lowest BCUT2D eigenvalue weighted by atomic mass is 9.66. The molecule has 0 bridgehead atoms. The molecule has 2 heterocycles. The van der Waals surface area contributed by atoms with Gasteiger partial charge in [-0.3, -0.25) is 9.05 Å². The Labute approximate surface area is 407 Å². The minimum Gasteiger partial charge on any atom is -0.426 e. The van der Waals surface area contributed by atoms with Crippen LogP contribution in [-0.2, 0) is 41.9 Å². The maximum Gasteiger partial charge on any atom is 0.530 e. The van der Waals surface area contributed by atoms with Crippen molar-refractivity contribution in [2.45, 2.75) is 116 Å². The van der Waals surface area contributed by atoms with E-state index in [0.717, 1.165) is 55.6 Å². The van der Waals surface area contributed by atoms with E-state index in [0.29, 0.717) is 23.0 Å². The summed E-state index contributed by atoms with van der Waals surface area (Å²) >= 11 is 0. The summed E-state index contributed by atoms with van der Waals surface area (Å²) in [5, 5.41) is 0. The van der Waals surface area contributed by atoms with Gasteiger partial charge in [-0.05, 0) is 79.3 Å². The summed E-state index contributed by atoms with van der Waals surface area (Å²) in [7, 11) is -4.05. The summed E-state index contributed by atoms with van der Waals surface area (Å²) < 4.78 is 43.3. The number of hydrogen-bond donors (Lipinski definition) is 0. The van der Waals surface area contributed by atoms with Crippen LogP contribution in [0.5, 0.6) is 23.0 Å². The Morgan fingerprint density at radius 3 is 0.941 bits per heavy atom. The van der Waals surface area contributed by atoms with Crippen LogP contribution in [0.15, 0.2) is 170 Å². The topological polar surface area (TPSA) is 55.4 Å². The average molecular weight is 943 g/mol. The largest absolute Gasteiger partial charge is 0.530 e. The number of para-hydroxylation sites is 2. The minimum atomic E-state index is -2.20. The van der Waals surface area contributed by atoms with E-state index in [2.05, 4.69) is 204 Å². The van der Waals surface area contributed by atoms with E-state index < -0.39 is 33.8 Å². The first-order chi connectivity index (χ1) is 32.2. The standard InChI is InChI=1S/C60H64O6P2/c1-55(2,3)45-37-47(53(49(39-45)57(7,8)9)63-67-61-51-35-25-26-36-52(51)62-67)48-38-46(56(4,5)6)40-50(58(10,11)12)54(48)64-68-65-59(41-27-17-13-18-28-41,42-29-19-14-20-30-42)60(66-68,43-31-21-15-22-32-43)44-33-23-16-24-34-44/h13-40H,1-12H3. The van der Waals surface area contributed by atoms with Crippen LogP contribution in [0.25, 0.3) is 11.1 Å². The number of benzene rings is 7. The van der Waals surface area contributed by atoms with Gasteiger partial charge in [-0.2, -0.15) is 0 Å². The molecule has 0 aliphatic carbocycles. The molecule has 8 heteroatoms. The van der Waals surface area contributed by atoms with Gasteiger partial charge in [-0.15, -0.1) is 0 Å². The van der Waals surface area contributed by atoms with Crippen molar-refractivity contribution in [2.24, 2.45) is 0 Å². The van der Waals surface area contributed by atoms with E-state index in [1.807, 2.05) is 48.5 Å². The van der Waals surface area contributed by atoms with E-state index in [4.69, 9.17) is 27.1 Å². The first kappa shape index (κ1) is 47.6. The summed E-state index contributed by atoms with van der Waals surface area (Å²) in [6.07, 6.45) is 0. The normalized spacial score (nSPS) is 16.2. The Bertz CT molecular complexity index is 2700. The van der Waals surface area contributed by atoms with Crippen molar-refractivity contribution in [3.05, 3.63) is 214 Å². The first-order valence-corrected chi connectivity index (χ1v) is 25.8. The fourth-order valence-electron chi connectivity index (χ4n) is 9.26. The van der Waals surface area contributed by atoms with Crippen molar-refractivity contribution in [3.8, 4) is 34.1 Å². The van der Waals surface area contributed by atoms with Gasteiger partial charge in [0.2, 0.25) is 0 Å². The van der Waals surface area contributed by atoms with Crippen molar-refractivity contribution >= 4 is 17.2 Å². The molecule has 0 N–H and O–H groups in total. The molecule has 1 fully saturated rings. The van der Waals surface area contributed by atoms with Crippen molar-refractivity contribution < 1.29 is 27.1 Å². The maximum absolute atomic E-state index is 7.79. The molecule has 0 saturated carbocycles. The van der Waals surface area contributed by atoms with Crippen molar-refractivity contribution in [1.29, 1.82) is 0 Å². The zero-order valence-corrected chi connectivity index (χ0v) is 43.3. The molecule has 6 nitrogen and oxygen atoms in total. The number of fused-ring (bicyclic) bond motifs is 1. The molecule has 9 rings (SSSR count). The number of hydrogen-bond acceptors (Lipinski definition) is 6. The number of rotatable bonds is 9. The molecule has 0 amide bonds. The molecule has 1 saturated heterocycles. The SMILES string of the molecule is CC(C)(C)c1cc(-c2cc(C(C)(C)C)cc(C(C)(C)C)c2OP2OC(c3ccccc3)(c3ccccc3)C(c3ccccc3)(c3ccccc3)O2)c(OP2Oc3ccccc3O2)c(C(C)(C)C)c1. The zero-order valence-electron chi connectivity index (χ0n) is 41.5. The fourth-order valence-corrected chi connectivity index (χ4v) is 11.9. The quantitative estimate of drug-likeness (QED) is 0.134. The van der Waals surface area contributed by atoms with Crippen LogP contribution in [0.1, 0.15) is 128 Å². The third-order valence-corrected chi connectivity index (χ3v) is 15.2. The average Bonchev–Trinajstić information content (AvgIpc) is 3.89. The summed E-state index contributed by atoms with van der Waals surface area (Å²) in [5.74, 6) is 2.68. The highest BCUT2D eigenvalue weighted by Crippen LogP contribution is 2.71. The predicted molar refractivity (Wildman–Crippen MR) is 279 cm³/mol. The molecule has 2 aliphatic rings. The van der Waals surface area contributed by atoms with Crippen molar-refractivity contribution in [1.82, 2.24) is 0 Å². The van der Waals surface area contributed by atoms with Gasteiger partial charge in [0.15, 0.2) is 22.7 Å². The van der Waals surface area contributed by atoms with Crippen molar-refractivity contribution in [3.63, 3.8) is 0 Å². The predicted octanol–water partition coefficient (Wildman–Crippen LogP) is 17.2. The Morgan fingerprint density at radius 1 is 0.353 bits per heavy atom. The van der Waals surface area contributed by atoms with E-state index in [9.17, 15) is 0 Å². The molecule has 0 unspecified atom stereocenters. The first-order valence-electron chi connectivity index (χ1n) is 23.6. The molecule has 2 aliphatic heterocycles. The Morgan fingerprint density at radius 2 is 0.647 bits per heavy atom. The molecule has 68 heavy (non-hydrogen) atoms. The molecule has 0 spiro atoms. The molecule has 350 valence electrons. The van der Waals surface area contributed by atoms with Crippen LogP contribution in [0.2, 0.25) is 0 Å². The van der Waals surface area contributed by atoms with Gasteiger partial charge in [0, 0.05) is 22.3 Å². The lowest BCUT2D eigenvalue weighted by Gasteiger charge is -2.43. The summed E-state index contributed by atoms with van der Waals surface area (Å²) in [6, 6.07) is 58.8. The molecule has 0 radical (unpaired) electrons. The molecule has 7 aromatic rings. The highest BCUT2D eigenvalue weighted by molar-refractivity contribution is 7.43. The molecular formula is C60H64O6P2. The van der Waals surface area contributed by atoms with Crippen LogP contribution < -0.4 is 18.1 Å². The van der Waals surface area contributed by atoms with Crippen LogP contribution in [-0.4, -0.2) is 0 Å². The highest BCUT2D eigenvalue weighted by Gasteiger charge is 2.67. The maximum atomic E-state index is 7.79. The minimum absolute atomic E-state index is 0.220. The molecule has 7 aromatic carbocycles. The summed E-state index contributed by atoms with van der Waals surface area (Å²) in [5.41, 5.74) is 6.26. The lowest BCUT2D eigenvalue weighted by molar-refractivity contribution is 0.00370. The van der Waals surface area contributed by atoms with Crippen LogP contribution in [0.4, 0.5) is 0 Å². The third-order valence-electron chi connectivity index (χ3n) is 13.0. The van der Waals surface area contributed by atoms with E-state index in [1.54, 1.807) is 0 Å². The Kier molecular flexibility index (Phi) is 12.5. The van der Waals surface area contributed by atoms with Crippen LogP contribution in [0, 0.1) is 0 Å². The van der Waals surface area contributed by atoms with Gasteiger partial charge in [-0.1, -0.05) is 229 Å². The molecule has 0 aromatic heterocycles. The van der Waals surface area contributed by atoms with E-state index in [-0.39, 0.29) is 16.2 Å². The van der Waals surface area contributed by atoms with Gasteiger partial charge >= 0.3 is 17.2 Å². The Hall–Kier alpha value is -5.48. The van der Waals surface area contributed by atoms with Crippen LogP contribution >= 0.6 is 17.2 Å². The van der Waals surface area contributed by atoms with E-state index >= 15 is 0 Å².